The smallest absolute Gasteiger partial charge is 0.122 e. The van der Waals surface area contributed by atoms with Crippen LogP contribution in [0.1, 0.15) is 23.6 Å². The third-order valence-corrected chi connectivity index (χ3v) is 4.26. The third-order valence-electron chi connectivity index (χ3n) is 3.80. The Kier molecular flexibility index (Phi) is 4.46. The molecule has 2 N–H and O–H groups in total. The molecule has 0 saturated carbocycles. The van der Waals surface area contributed by atoms with Crippen molar-refractivity contribution in [3.8, 4) is 5.75 Å². The molecule has 1 aliphatic heterocycles. The van der Waals surface area contributed by atoms with Gasteiger partial charge in [-0.2, -0.15) is 0 Å². The van der Waals surface area contributed by atoms with Gasteiger partial charge < -0.3 is 15.4 Å². The number of hydrogen-bond donors (Lipinski definition) is 2. The number of fused-ring (bicyclic) bond motifs is 1. The van der Waals surface area contributed by atoms with Crippen LogP contribution in [0.5, 0.6) is 5.75 Å². The van der Waals surface area contributed by atoms with Crippen LogP contribution in [0.2, 0.25) is 0 Å². The largest absolute Gasteiger partial charge is 0.497 e. The van der Waals surface area contributed by atoms with Gasteiger partial charge in [-0.3, -0.25) is 0 Å². The van der Waals surface area contributed by atoms with Crippen LogP contribution < -0.4 is 15.4 Å². The maximum atomic E-state index is 5.34. The predicted molar refractivity (Wildman–Crippen MR) is 89.8 cm³/mol. The van der Waals surface area contributed by atoms with Gasteiger partial charge in [0.25, 0.3) is 0 Å². The van der Waals surface area contributed by atoms with Crippen molar-refractivity contribution in [1.29, 1.82) is 0 Å². The molecule has 2 aromatic rings. The van der Waals surface area contributed by atoms with Crippen LogP contribution >= 0.6 is 15.9 Å². The Morgan fingerprint density at radius 3 is 2.95 bits per heavy atom. The van der Waals surface area contributed by atoms with Gasteiger partial charge in [0.05, 0.1) is 13.2 Å². The second-order valence-electron chi connectivity index (χ2n) is 5.24. The summed E-state index contributed by atoms with van der Waals surface area (Å²) in [6, 6.07) is 15.0. The predicted octanol–water partition coefficient (Wildman–Crippen LogP) is 4.10. The Hall–Kier alpha value is -1.52. The van der Waals surface area contributed by atoms with Crippen molar-refractivity contribution < 1.29 is 4.74 Å². The third kappa shape index (κ3) is 3.39. The molecule has 0 aliphatic carbocycles. The average molecular weight is 347 g/mol. The van der Waals surface area contributed by atoms with Gasteiger partial charge in [0.15, 0.2) is 0 Å². The number of rotatable bonds is 3. The van der Waals surface area contributed by atoms with Crippen LogP contribution in [0, 0.1) is 0 Å². The number of nitrogens with one attached hydrogen (secondary N) is 2. The summed E-state index contributed by atoms with van der Waals surface area (Å²) < 4.78 is 6.35. The summed E-state index contributed by atoms with van der Waals surface area (Å²) in [6.45, 7) is 1.95. The molecule has 4 heteroatoms. The summed E-state index contributed by atoms with van der Waals surface area (Å²) in [5.74, 6) is 0.854. The normalized spacial score (nSPS) is 17.7. The minimum absolute atomic E-state index is 0.315. The summed E-state index contributed by atoms with van der Waals surface area (Å²) >= 11 is 3.53. The molecular formula is C17H19BrN2O. The molecule has 3 rings (SSSR count). The molecule has 0 radical (unpaired) electrons. The summed E-state index contributed by atoms with van der Waals surface area (Å²) in [7, 11) is 1.69. The lowest BCUT2D eigenvalue weighted by molar-refractivity contribution is 0.414. The fourth-order valence-electron chi connectivity index (χ4n) is 2.78. The number of anilines is 1. The Bertz CT molecular complexity index is 630. The minimum Gasteiger partial charge on any atom is -0.497 e. The van der Waals surface area contributed by atoms with Gasteiger partial charge in [0.2, 0.25) is 0 Å². The first-order chi connectivity index (χ1) is 10.3. The molecule has 21 heavy (non-hydrogen) atoms. The zero-order chi connectivity index (χ0) is 14.7. The summed E-state index contributed by atoms with van der Waals surface area (Å²) in [5.41, 5.74) is 3.82. The monoisotopic (exact) mass is 346 g/mol. The van der Waals surface area contributed by atoms with Crippen molar-refractivity contribution in [3.63, 3.8) is 0 Å². The van der Waals surface area contributed by atoms with E-state index in [0.29, 0.717) is 6.04 Å². The van der Waals surface area contributed by atoms with E-state index < -0.39 is 0 Å². The van der Waals surface area contributed by atoms with Crippen LogP contribution in [0.15, 0.2) is 46.9 Å². The summed E-state index contributed by atoms with van der Waals surface area (Å²) in [5, 5.41) is 7.12. The second kappa shape index (κ2) is 6.50. The van der Waals surface area contributed by atoms with Crippen LogP contribution in [0.25, 0.3) is 0 Å². The van der Waals surface area contributed by atoms with Gasteiger partial charge in [0, 0.05) is 22.8 Å². The van der Waals surface area contributed by atoms with E-state index in [2.05, 4.69) is 56.9 Å². The van der Waals surface area contributed by atoms with Gasteiger partial charge in [-0.05, 0) is 36.2 Å². The first kappa shape index (κ1) is 14.4. The Balaban J connectivity index is 1.89. The number of benzene rings is 2. The van der Waals surface area contributed by atoms with E-state index in [1.807, 2.05) is 12.1 Å². The maximum absolute atomic E-state index is 5.34. The van der Waals surface area contributed by atoms with Crippen molar-refractivity contribution >= 4 is 21.6 Å². The second-order valence-corrected chi connectivity index (χ2v) is 6.16. The van der Waals surface area contributed by atoms with Crippen molar-refractivity contribution in [2.45, 2.75) is 19.0 Å². The lowest BCUT2D eigenvalue weighted by atomic mass is 9.99. The minimum atomic E-state index is 0.315. The number of ether oxygens (including phenoxy) is 1. The quantitative estimate of drug-likeness (QED) is 0.877. The first-order valence-electron chi connectivity index (χ1n) is 7.16. The van der Waals surface area contributed by atoms with E-state index >= 15 is 0 Å². The van der Waals surface area contributed by atoms with E-state index in [-0.39, 0.29) is 0 Å². The molecule has 0 spiro atoms. The lowest BCUT2D eigenvalue weighted by Crippen LogP contribution is -2.15. The van der Waals surface area contributed by atoms with Crippen LogP contribution in [-0.2, 0) is 6.54 Å². The van der Waals surface area contributed by atoms with E-state index in [1.54, 1.807) is 7.11 Å². The van der Waals surface area contributed by atoms with E-state index in [4.69, 9.17) is 4.74 Å². The highest BCUT2D eigenvalue weighted by Gasteiger charge is 2.18. The highest BCUT2D eigenvalue weighted by Crippen LogP contribution is 2.30. The molecule has 0 fully saturated rings. The van der Waals surface area contributed by atoms with Gasteiger partial charge in [-0.15, -0.1) is 0 Å². The number of hydrogen-bond acceptors (Lipinski definition) is 3. The molecule has 0 bridgehead atoms. The first-order valence-corrected chi connectivity index (χ1v) is 7.95. The van der Waals surface area contributed by atoms with Crippen molar-refractivity contribution in [2.75, 3.05) is 19.0 Å². The van der Waals surface area contributed by atoms with Crippen LogP contribution in [0.4, 0.5) is 5.69 Å². The Labute approximate surface area is 133 Å². The molecule has 3 nitrogen and oxygen atoms in total. The van der Waals surface area contributed by atoms with Crippen LogP contribution in [-0.4, -0.2) is 13.7 Å². The highest BCUT2D eigenvalue weighted by atomic mass is 79.9. The Morgan fingerprint density at radius 2 is 2.10 bits per heavy atom. The van der Waals surface area contributed by atoms with Gasteiger partial charge >= 0.3 is 0 Å². The van der Waals surface area contributed by atoms with Gasteiger partial charge in [-0.25, -0.2) is 0 Å². The molecule has 1 atom stereocenters. The molecule has 1 aliphatic rings. The van der Waals surface area contributed by atoms with E-state index in [0.717, 1.165) is 35.4 Å². The maximum Gasteiger partial charge on any atom is 0.122 e. The molecule has 0 amide bonds. The summed E-state index contributed by atoms with van der Waals surface area (Å²) in [6.07, 6.45) is 1.06. The van der Waals surface area contributed by atoms with E-state index in [1.165, 1.54) is 11.1 Å². The molecule has 110 valence electrons. The SMILES string of the molecule is COc1cc(Br)cc(NC2CCNCc3ccccc32)c1. The molecule has 0 saturated heterocycles. The zero-order valence-corrected chi connectivity index (χ0v) is 13.6. The zero-order valence-electron chi connectivity index (χ0n) is 12.0. The van der Waals surface area contributed by atoms with Gasteiger partial charge in [0.1, 0.15) is 5.75 Å². The fraction of sp³-hybridized carbons (Fsp3) is 0.294. The molecule has 2 aromatic carbocycles. The van der Waals surface area contributed by atoms with E-state index in [9.17, 15) is 0 Å². The van der Waals surface area contributed by atoms with Crippen molar-refractivity contribution in [1.82, 2.24) is 5.32 Å². The fourth-order valence-corrected chi connectivity index (χ4v) is 3.25. The standard InChI is InChI=1S/C17H19BrN2O/c1-21-15-9-13(18)8-14(10-15)20-17-6-7-19-11-12-4-2-3-5-16(12)17/h2-5,8-10,17,19-20H,6-7,11H2,1H3. The lowest BCUT2D eigenvalue weighted by Gasteiger charge is -2.21. The van der Waals surface area contributed by atoms with Crippen LogP contribution in [0.3, 0.4) is 0 Å². The Morgan fingerprint density at radius 1 is 1.24 bits per heavy atom. The highest BCUT2D eigenvalue weighted by molar-refractivity contribution is 9.10. The summed E-state index contributed by atoms with van der Waals surface area (Å²) in [4.78, 5) is 0. The molecule has 0 aromatic heterocycles. The van der Waals surface area contributed by atoms with Crippen molar-refractivity contribution in [2.24, 2.45) is 0 Å². The molecule has 1 heterocycles. The van der Waals surface area contributed by atoms with Crippen molar-refractivity contribution in [3.05, 3.63) is 58.1 Å². The topological polar surface area (TPSA) is 33.3 Å². The molecular weight excluding hydrogens is 328 g/mol. The average Bonchev–Trinajstić information content (AvgIpc) is 2.69. The van der Waals surface area contributed by atoms with Gasteiger partial charge in [-0.1, -0.05) is 40.2 Å². The number of halogens is 1. The molecule has 1 unspecified atom stereocenters. The number of methoxy groups -OCH3 is 1.